The van der Waals surface area contributed by atoms with Gasteiger partial charge < -0.3 is 5.32 Å². The normalized spacial score (nSPS) is 33.2. The fraction of sp³-hybridized carbons (Fsp3) is 0.600. The van der Waals surface area contributed by atoms with Gasteiger partial charge in [-0.05, 0) is 31.2 Å². The monoisotopic (exact) mass is 233 g/mol. The Bertz CT molecular complexity index is 318. The molecule has 0 spiro atoms. The minimum Gasteiger partial charge on any atom is -0.311 e. The van der Waals surface area contributed by atoms with Gasteiger partial charge in [-0.25, -0.2) is 4.39 Å². The first-order valence-electron chi connectivity index (χ1n) is 4.77. The number of hydrogen-bond acceptors (Lipinski definition) is 2. The van der Waals surface area contributed by atoms with Gasteiger partial charge in [-0.2, -0.15) is 0 Å². The van der Waals surface area contributed by atoms with Crippen LogP contribution in [0, 0.1) is 0 Å². The van der Waals surface area contributed by atoms with Gasteiger partial charge in [0.2, 0.25) is 0 Å². The Morgan fingerprint density at radius 2 is 2.50 bits per heavy atom. The number of alkyl halides is 1. The average Bonchev–Trinajstić information content (AvgIpc) is 2.58. The van der Waals surface area contributed by atoms with Crippen molar-refractivity contribution in [2.75, 3.05) is 6.54 Å². The first-order chi connectivity index (χ1) is 6.62. The molecule has 1 fully saturated rings. The molecule has 14 heavy (non-hydrogen) atoms. The summed E-state index contributed by atoms with van der Waals surface area (Å²) in [7, 11) is 0. The Labute approximate surface area is 92.3 Å². The van der Waals surface area contributed by atoms with Gasteiger partial charge in [0.05, 0.1) is 9.90 Å². The van der Waals surface area contributed by atoms with Crippen LogP contribution in [0.2, 0.25) is 5.02 Å². The van der Waals surface area contributed by atoms with Gasteiger partial charge in [-0.15, -0.1) is 11.3 Å². The van der Waals surface area contributed by atoms with E-state index >= 15 is 0 Å². The molecule has 0 amide bonds. The summed E-state index contributed by atoms with van der Waals surface area (Å²) in [4.78, 5) is 0.679. The molecule has 0 bridgehead atoms. The van der Waals surface area contributed by atoms with E-state index in [1.807, 2.05) is 5.38 Å². The van der Waals surface area contributed by atoms with E-state index in [4.69, 9.17) is 11.6 Å². The van der Waals surface area contributed by atoms with Crippen molar-refractivity contribution in [2.45, 2.75) is 31.5 Å². The second-order valence-corrected chi connectivity index (χ2v) is 5.21. The highest BCUT2D eigenvalue weighted by Crippen LogP contribution is 2.40. The molecule has 1 aromatic heterocycles. The Morgan fingerprint density at radius 1 is 1.71 bits per heavy atom. The number of piperidine rings is 1. The number of nitrogens with one attached hydrogen (secondary N) is 1. The fourth-order valence-corrected chi connectivity index (χ4v) is 3.13. The van der Waals surface area contributed by atoms with Crippen LogP contribution in [-0.2, 0) is 5.67 Å². The second kappa shape index (κ2) is 3.80. The molecule has 0 saturated carbocycles. The Balaban J connectivity index is 2.21. The van der Waals surface area contributed by atoms with Crippen LogP contribution in [0.3, 0.4) is 0 Å². The largest absolute Gasteiger partial charge is 0.311 e. The lowest BCUT2D eigenvalue weighted by Crippen LogP contribution is -2.44. The molecule has 1 aliphatic rings. The summed E-state index contributed by atoms with van der Waals surface area (Å²) in [6.45, 7) is 2.46. The van der Waals surface area contributed by atoms with Gasteiger partial charge in [0.25, 0.3) is 0 Å². The molecule has 1 aromatic rings. The van der Waals surface area contributed by atoms with Crippen LogP contribution in [0.5, 0.6) is 0 Å². The van der Waals surface area contributed by atoms with Crippen molar-refractivity contribution in [3.05, 3.63) is 21.3 Å². The minimum absolute atomic E-state index is 0.383. The van der Waals surface area contributed by atoms with Crippen molar-refractivity contribution in [3.8, 4) is 0 Å². The lowest BCUT2D eigenvalue weighted by atomic mass is 9.91. The highest BCUT2D eigenvalue weighted by molar-refractivity contribution is 7.10. The SMILES string of the molecule is CC1CCC(F)(c2sccc2Cl)CN1. The molecule has 2 unspecified atom stereocenters. The predicted octanol–water partition coefficient (Wildman–Crippen LogP) is 3.34. The molecule has 2 heterocycles. The third kappa shape index (κ3) is 1.81. The minimum atomic E-state index is -1.25. The van der Waals surface area contributed by atoms with E-state index in [0.29, 0.717) is 28.9 Å². The smallest absolute Gasteiger partial charge is 0.158 e. The number of rotatable bonds is 1. The van der Waals surface area contributed by atoms with Gasteiger partial charge in [0.1, 0.15) is 0 Å². The van der Waals surface area contributed by atoms with Crippen molar-refractivity contribution in [3.63, 3.8) is 0 Å². The fourth-order valence-electron chi connectivity index (χ4n) is 1.78. The maximum atomic E-state index is 14.4. The Morgan fingerprint density at radius 3 is 3.00 bits per heavy atom. The quantitative estimate of drug-likeness (QED) is 0.785. The maximum absolute atomic E-state index is 14.4. The van der Waals surface area contributed by atoms with Crippen LogP contribution in [0.4, 0.5) is 4.39 Å². The summed E-state index contributed by atoms with van der Waals surface area (Å²) in [5.74, 6) is 0. The first kappa shape index (κ1) is 10.4. The van der Waals surface area contributed by atoms with E-state index in [9.17, 15) is 4.39 Å². The second-order valence-electron chi connectivity index (χ2n) is 3.88. The molecule has 2 rings (SSSR count). The molecule has 2 atom stereocenters. The van der Waals surface area contributed by atoms with E-state index in [2.05, 4.69) is 12.2 Å². The summed E-state index contributed by atoms with van der Waals surface area (Å²) in [5.41, 5.74) is -1.25. The molecule has 4 heteroatoms. The molecular weight excluding hydrogens is 221 g/mol. The molecule has 1 nitrogen and oxygen atoms in total. The standard InChI is InChI=1S/C10H13ClFNS/c1-7-2-4-10(12,6-13-7)9-8(11)3-5-14-9/h3,5,7,13H,2,4,6H2,1H3. The topological polar surface area (TPSA) is 12.0 Å². The summed E-state index contributed by atoms with van der Waals surface area (Å²) < 4.78 is 14.4. The number of halogens is 2. The van der Waals surface area contributed by atoms with Crippen LogP contribution in [0.1, 0.15) is 24.6 Å². The van der Waals surface area contributed by atoms with Crippen molar-refractivity contribution in [2.24, 2.45) is 0 Å². The van der Waals surface area contributed by atoms with Crippen LogP contribution < -0.4 is 5.32 Å². The molecule has 1 aliphatic heterocycles. The third-order valence-corrected chi connectivity index (χ3v) is 4.25. The van der Waals surface area contributed by atoms with E-state index in [0.717, 1.165) is 6.42 Å². The van der Waals surface area contributed by atoms with Gasteiger partial charge in [-0.3, -0.25) is 0 Å². The van der Waals surface area contributed by atoms with Gasteiger partial charge in [-0.1, -0.05) is 11.6 Å². The number of hydrogen-bond donors (Lipinski definition) is 1. The highest BCUT2D eigenvalue weighted by Gasteiger charge is 2.38. The summed E-state index contributed by atoms with van der Waals surface area (Å²) >= 11 is 7.35. The zero-order chi connectivity index (χ0) is 10.2. The van der Waals surface area contributed by atoms with Gasteiger partial charge >= 0.3 is 0 Å². The highest BCUT2D eigenvalue weighted by atomic mass is 35.5. The predicted molar refractivity (Wildman–Crippen MR) is 58.8 cm³/mol. The third-order valence-electron chi connectivity index (χ3n) is 2.73. The van der Waals surface area contributed by atoms with Crippen molar-refractivity contribution >= 4 is 22.9 Å². The maximum Gasteiger partial charge on any atom is 0.158 e. The van der Waals surface area contributed by atoms with Crippen LogP contribution >= 0.6 is 22.9 Å². The van der Waals surface area contributed by atoms with E-state index in [1.54, 1.807) is 6.07 Å². The van der Waals surface area contributed by atoms with E-state index in [1.165, 1.54) is 11.3 Å². The summed E-state index contributed by atoms with van der Waals surface area (Å²) in [5, 5.41) is 5.57. The van der Waals surface area contributed by atoms with Crippen molar-refractivity contribution in [1.29, 1.82) is 0 Å². The molecule has 0 radical (unpaired) electrons. The molecule has 78 valence electrons. The lowest BCUT2D eigenvalue weighted by molar-refractivity contribution is 0.110. The zero-order valence-electron chi connectivity index (χ0n) is 8.02. The molecule has 0 aliphatic carbocycles. The van der Waals surface area contributed by atoms with Gasteiger partial charge in [0.15, 0.2) is 5.67 Å². The average molecular weight is 234 g/mol. The number of thiophene rings is 1. The molecule has 1 saturated heterocycles. The van der Waals surface area contributed by atoms with E-state index in [-0.39, 0.29) is 0 Å². The van der Waals surface area contributed by atoms with Crippen molar-refractivity contribution < 1.29 is 4.39 Å². The Kier molecular flexibility index (Phi) is 2.82. The molecule has 1 N–H and O–H groups in total. The van der Waals surface area contributed by atoms with Crippen LogP contribution in [0.15, 0.2) is 11.4 Å². The van der Waals surface area contributed by atoms with Gasteiger partial charge in [0, 0.05) is 12.6 Å². The van der Waals surface area contributed by atoms with E-state index < -0.39 is 5.67 Å². The van der Waals surface area contributed by atoms with Crippen LogP contribution in [-0.4, -0.2) is 12.6 Å². The van der Waals surface area contributed by atoms with Crippen LogP contribution in [0.25, 0.3) is 0 Å². The zero-order valence-corrected chi connectivity index (χ0v) is 9.59. The summed E-state index contributed by atoms with van der Waals surface area (Å²) in [6, 6.07) is 2.18. The Hall–Kier alpha value is -0.120. The van der Waals surface area contributed by atoms with Crippen molar-refractivity contribution in [1.82, 2.24) is 5.32 Å². The first-order valence-corrected chi connectivity index (χ1v) is 6.03. The molecular formula is C10H13ClFNS. The lowest BCUT2D eigenvalue weighted by Gasteiger charge is -2.33. The summed E-state index contributed by atoms with van der Waals surface area (Å²) in [6.07, 6.45) is 1.44. The molecule has 0 aromatic carbocycles.